The normalized spacial score (nSPS) is 16.0. The molecule has 0 bridgehead atoms. The highest BCUT2D eigenvalue weighted by Gasteiger charge is 2.26. The van der Waals surface area contributed by atoms with Crippen LogP contribution in [0.3, 0.4) is 0 Å². The van der Waals surface area contributed by atoms with E-state index in [4.69, 9.17) is 9.47 Å². The van der Waals surface area contributed by atoms with Crippen molar-refractivity contribution < 1.29 is 9.47 Å². The molecule has 0 saturated carbocycles. The number of hydrogen-bond donors (Lipinski definition) is 0. The van der Waals surface area contributed by atoms with Gasteiger partial charge in [-0.15, -0.1) is 5.10 Å². The van der Waals surface area contributed by atoms with E-state index in [1.807, 2.05) is 38.1 Å². The zero-order chi connectivity index (χ0) is 20.2. The summed E-state index contributed by atoms with van der Waals surface area (Å²) in [6.45, 7) is 8.56. The second kappa shape index (κ2) is 8.59. The number of aromatic nitrogens is 4. The fourth-order valence-electron chi connectivity index (χ4n) is 3.81. The summed E-state index contributed by atoms with van der Waals surface area (Å²) in [6, 6.07) is 9.97. The summed E-state index contributed by atoms with van der Waals surface area (Å²) < 4.78 is 11.9. The third-order valence-electron chi connectivity index (χ3n) is 5.48. The predicted octanol–water partition coefficient (Wildman–Crippen LogP) is 3.81. The topological polar surface area (TPSA) is 73.3 Å². The fraction of sp³-hybridized carbons (Fsp3) is 0.455. The van der Waals surface area contributed by atoms with Crippen molar-refractivity contribution in [2.75, 3.05) is 24.6 Å². The van der Waals surface area contributed by atoms with Crippen LogP contribution in [0.25, 0.3) is 10.9 Å². The second-order valence-electron chi connectivity index (χ2n) is 7.47. The van der Waals surface area contributed by atoms with Crippen LogP contribution in [0.4, 0.5) is 5.82 Å². The number of hydrogen-bond acceptors (Lipinski definition) is 7. The average Bonchev–Trinajstić information content (AvgIpc) is 2.75. The molecule has 1 unspecified atom stereocenters. The van der Waals surface area contributed by atoms with Crippen molar-refractivity contribution >= 4 is 16.7 Å². The maximum Gasteiger partial charge on any atom is 0.224 e. The first kappa shape index (κ1) is 19.4. The monoisotopic (exact) mass is 393 g/mol. The van der Waals surface area contributed by atoms with Crippen molar-refractivity contribution in [1.82, 2.24) is 20.2 Å². The molecule has 1 atom stereocenters. The van der Waals surface area contributed by atoms with Crippen molar-refractivity contribution in [2.45, 2.75) is 39.7 Å². The minimum Gasteiger partial charge on any atom is -0.490 e. The third kappa shape index (κ3) is 4.39. The summed E-state index contributed by atoms with van der Waals surface area (Å²) >= 11 is 0. The van der Waals surface area contributed by atoms with Gasteiger partial charge in [0.25, 0.3) is 0 Å². The van der Waals surface area contributed by atoms with Crippen LogP contribution in [0.15, 0.2) is 36.7 Å². The van der Waals surface area contributed by atoms with Crippen LogP contribution in [-0.2, 0) is 0 Å². The molecule has 0 spiro atoms. The summed E-state index contributed by atoms with van der Waals surface area (Å²) in [4.78, 5) is 10.9. The van der Waals surface area contributed by atoms with Gasteiger partial charge in [-0.05, 0) is 69.9 Å². The summed E-state index contributed by atoms with van der Waals surface area (Å²) in [5.41, 5.74) is 1.80. The van der Waals surface area contributed by atoms with Crippen LogP contribution in [0.5, 0.6) is 11.6 Å². The van der Waals surface area contributed by atoms with Gasteiger partial charge in [0.2, 0.25) is 5.88 Å². The Hall–Kier alpha value is -2.96. The summed E-state index contributed by atoms with van der Waals surface area (Å²) in [5, 5.41) is 9.37. The summed E-state index contributed by atoms with van der Waals surface area (Å²) in [6.07, 6.45) is 3.79. The molecule has 7 heteroatoms. The van der Waals surface area contributed by atoms with Gasteiger partial charge in [-0.2, -0.15) is 5.10 Å². The zero-order valence-electron chi connectivity index (χ0n) is 17.2. The van der Waals surface area contributed by atoms with E-state index >= 15 is 0 Å². The molecule has 152 valence electrons. The Balaban J connectivity index is 1.40. The number of piperidine rings is 1. The molecule has 0 radical (unpaired) electrons. The number of nitrogens with zero attached hydrogens (tertiary/aromatic N) is 5. The molecule has 2 aromatic heterocycles. The molecule has 1 fully saturated rings. The van der Waals surface area contributed by atoms with E-state index in [1.165, 1.54) is 6.33 Å². The number of rotatable bonds is 6. The van der Waals surface area contributed by atoms with E-state index in [1.54, 1.807) is 0 Å². The molecule has 3 heterocycles. The Morgan fingerprint density at radius 2 is 1.93 bits per heavy atom. The van der Waals surface area contributed by atoms with E-state index in [0.717, 1.165) is 54.1 Å². The molecule has 1 aliphatic heterocycles. The van der Waals surface area contributed by atoms with Crippen LogP contribution in [0, 0.1) is 12.8 Å². The second-order valence-corrected chi connectivity index (χ2v) is 7.47. The van der Waals surface area contributed by atoms with Crippen molar-refractivity contribution in [3.05, 3.63) is 42.4 Å². The third-order valence-corrected chi connectivity index (χ3v) is 5.48. The Kier molecular flexibility index (Phi) is 5.74. The lowest BCUT2D eigenvalue weighted by molar-refractivity contribution is 0.133. The van der Waals surface area contributed by atoms with Crippen molar-refractivity contribution in [3.8, 4) is 11.6 Å². The predicted molar refractivity (Wildman–Crippen MR) is 113 cm³/mol. The van der Waals surface area contributed by atoms with Gasteiger partial charge in [0.05, 0.1) is 29.3 Å². The first-order chi connectivity index (χ1) is 14.1. The number of fused-ring (bicyclic) bond motifs is 1. The molecule has 29 heavy (non-hydrogen) atoms. The van der Waals surface area contributed by atoms with Crippen molar-refractivity contribution in [2.24, 2.45) is 5.92 Å². The Morgan fingerprint density at radius 3 is 2.66 bits per heavy atom. The number of benzene rings is 1. The Bertz CT molecular complexity index is 955. The SMILES string of the molecule is CCOc1ncnc2ccc(OC(C)C3CCN(c4ccc(C)nn4)CC3)cc12. The molecule has 3 aromatic rings. The van der Waals surface area contributed by atoms with Crippen molar-refractivity contribution in [3.63, 3.8) is 0 Å². The number of ether oxygens (including phenoxy) is 2. The van der Waals surface area contributed by atoms with E-state index in [9.17, 15) is 0 Å². The van der Waals surface area contributed by atoms with E-state index < -0.39 is 0 Å². The minimum atomic E-state index is 0.124. The summed E-state index contributed by atoms with van der Waals surface area (Å²) in [7, 11) is 0. The van der Waals surface area contributed by atoms with Gasteiger partial charge in [0.1, 0.15) is 12.1 Å². The Labute approximate surface area is 171 Å². The van der Waals surface area contributed by atoms with Gasteiger partial charge >= 0.3 is 0 Å². The van der Waals surface area contributed by atoms with Crippen LogP contribution in [0.1, 0.15) is 32.4 Å². The minimum absolute atomic E-state index is 0.124. The zero-order valence-corrected chi connectivity index (χ0v) is 17.2. The van der Waals surface area contributed by atoms with Crippen LogP contribution in [-0.4, -0.2) is 46.0 Å². The first-order valence-electron chi connectivity index (χ1n) is 10.2. The number of anilines is 1. The maximum atomic E-state index is 6.29. The van der Waals surface area contributed by atoms with Gasteiger partial charge < -0.3 is 14.4 Å². The molecular formula is C22H27N5O2. The highest BCUT2D eigenvalue weighted by Crippen LogP contribution is 2.30. The first-order valence-corrected chi connectivity index (χ1v) is 10.2. The van der Waals surface area contributed by atoms with Crippen LogP contribution in [0.2, 0.25) is 0 Å². The van der Waals surface area contributed by atoms with Gasteiger partial charge in [0.15, 0.2) is 5.82 Å². The molecule has 0 N–H and O–H groups in total. The van der Waals surface area contributed by atoms with Crippen LogP contribution >= 0.6 is 0 Å². The lowest BCUT2D eigenvalue weighted by atomic mass is 9.92. The van der Waals surface area contributed by atoms with Crippen molar-refractivity contribution in [1.29, 1.82) is 0 Å². The van der Waals surface area contributed by atoms with Crippen LogP contribution < -0.4 is 14.4 Å². The van der Waals surface area contributed by atoms with Gasteiger partial charge in [0, 0.05) is 13.1 Å². The Morgan fingerprint density at radius 1 is 1.10 bits per heavy atom. The molecule has 0 aliphatic carbocycles. The highest BCUT2D eigenvalue weighted by atomic mass is 16.5. The smallest absolute Gasteiger partial charge is 0.224 e. The molecule has 1 aromatic carbocycles. The molecule has 7 nitrogen and oxygen atoms in total. The van der Waals surface area contributed by atoms with Gasteiger partial charge in [-0.25, -0.2) is 9.97 Å². The highest BCUT2D eigenvalue weighted by molar-refractivity contribution is 5.84. The average molecular weight is 393 g/mol. The lowest BCUT2D eigenvalue weighted by Crippen LogP contribution is -2.39. The standard InChI is InChI=1S/C22H27N5O2/c1-4-28-22-19-13-18(6-7-20(19)23-14-24-22)29-16(3)17-9-11-27(12-10-17)21-8-5-15(2)25-26-21/h5-8,13-14,16-17H,4,9-12H2,1-3H3. The van der Waals surface area contributed by atoms with Gasteiger partial charge in [-0.3, -0.25) is 0 Å². The largest absolute Gasteiger partial charge is 0.490 e. The number of aryl methyl sites for hydroxylation is 1. The van der Waals surface area contributed by atoms with Gasteiger partial charge in [-0.1, -0.05) is 0 Å². The maximum absolute atomic E-state index is 6.29. The quantitative estimate of drug-likeness (QED) is 0.630. The fourth-order valence-corrected chi connectivity index (χ4v) is 3.81. The van der Waals surface area contributed by atoms with E-state index in [2.05, 4.69) is 38.1 Å². The lowest BCUT2D eigenvalue weighted by Gasteiger charge is -2.35. The van der Waals surface area contributed by atoms with E-state index in [0.29, 0.717) is 18.4 Å². The molecular weight excluding hydrogens is 366 g/mol. The van der Waals surface area contributed by atoms with E-state index in [-0.39, 0.29) is 6.10 Å². The molecule has 4 rings (SSSR count). The molecule has 0 amide bonds. The summed E-state index contributed by atoms with van der Waals surface area (Å²) in [5.74, 6) is 2.88. The molecule has 1 aliphatic rings. The molecule has 1 saturated heterocycles.